The average molecular weight is 202 g/mol. The van der Waals surface area contributed by atoms with Crippen molar-refractivity contribution in [2.75, 3.05) is 5.88 Å². The topological polar surface area (TPSA) is 80.4 Å². The Morgan fingerprint density at radius 1 is 1.55 bits per heavy atom. The quantitative estimate of drug-likeness (QED) is 0.629. The summed E-state index contributed by atoms with van der Waals surface area (Å²) in [6.07, 6.45) is -0.196. The van der Waals surface area contributed by atoms with Gasteiger partial charge in [0.1, 0.15) is 11.8 Å². The van der Waals surface area contributed by atoms with Crippen molar-refractivity contribution in [3.05, 3.63) is 0 Å². The van der Waals surface area contributed by atoms with Crippen LogP contribution in [0.3, 0.4) is 0 Å². The second-order valence-electron chi connectivity index (χ2n) is 1.82. The van der Waals surface area contributed by atoms with Gasteiger partial charge in [-0.3, -0.25) is 9.59 Å². The SMILES string of the molecule is Cl.N[C@@H](CC(=O)CCl)C(=O)O. The lowest BCUT2D eigenvalue weighted by molar-refractivity contribution is -0.140. The summed E-state index contributed by atoms with van der Waals surface area (Å²) in [6.45, 7) is 0. The Kier molecular flexibility index (Phi) is 7.72. The maximum Gasteiger partial charge on any atom is 0.320 e. The molecule has 0 fully saturated rings. The van der Waals surface area contributed by atoms with Gasteiger partial charge < -0.3 is 10.8 Å². The van der Waals surface area contributed by atoms with Crippen LogP contribution in [0.4, 0.5) is 0 Å². The van der Waals surface area contributed by atoms with Crippen molar-refractivity contribution in [2.45, 2.75) is 12.5 Å². The molecule has 66 valence electrons. The Morgan fingerprint density at radius 2 is 2.00 bits per heavy atom. The molecule has 0 aromatic heterocycles. The van der Waals surface area contributed by atoms with E-state index in [0.717, 1.165) is 0 Å². The number of carboxylic acids is 1. The molecule has 0 unspecified atom stereocenters. The number of carbonyl (C=O) groups is 2. The van der Waals surface area contributed by atoms with Crippen molar-refractivity contribution in [2.24, 2.45) is 5.73 Å². The van der Waals surface area contributed by atoms with E-state index in [1.165, 1.54) is 0 Å². The Morgan fingerprint density at radius 3 is 2.27 bits per heavy atom. The Balaban J connectivity index is 0. The van der Waals surface area contributed by atoms with Gasteiger partial charge in [0.2, 0.25) is 0 Å². The summed E-state index contributed by atoms with van der Waals surface area (Å²) in [5, 5.41) is 8.21. The van der Waals surface area contributed by atoms with Gasteiger partial charge in [-0.1, -0.05) is 0 Å². The fourth-order valence-corrected chi connectivity index (χ4v) is 0.496. The lowest BCUT2D eigenvalue weighted by Gasteiger charge is -2.01. The Bertz CT molecular complexity index is 151. The van der Waals surface area contributed by atoms with E-state index in [-0.39, 0.29) is 30.5 Å². The summed E-state index contributed by atoms with van der Waals surface area (Å²) in [5.74, 6) is -1.71. The van der Waals surface area contributed by atoms with Gasteiger partial charge in [-0.05, 0) is 0 Å². The van der Waals surface area contributed by atoms with Crippen molar-refractivity contribution in [1.29, 1.82) is 0 Å². The Labute approximate surface area is 75.1 Å². The van der Waals surface area contributed by atoms with Gasteiger partial charge in [0.25, 0.3) is 0 Å². The summed E-state index contributed by atoms with van der Waals surface area (Å²) >= 11 is 5.10. The van der Waals surface area contributed by atoms with Gasteiger partial charge in [0.15, 0.2) is 0 Å². The molecule has 0 aromatic rings. The number of Topliss-reactive ketones (excluding diaryl/α,β-unsaturated/α-hetero) is 1. The minimum absolute atomic E-state index is 0. The fourth-order valence-electron chi connectivity index (χ4n) is 0.387. The predicted octanol–water partition coefficient (Wildman–Crippen LogP) is 0.0181. The lowest BCUT2D eigenvalue weighted by Crippen LogP contribution is -2.32. The highest BCUT2D eigenvalue weighted by Gasteiger charge is 2.14. The van der Waals surface area contributed by atoms with Crippen LogP contribution in [0.2, 0.25) is 0 Å². The average Bonchev–Trinajstić information content (AvgIpc) is 1.87. The second kappa shape index (κ2) is 6.39. The normalized spacial score (nSPS) is 11.5. The van der Waals surface area contributed by atoms with Gasteiger partial charge in [0.05, 0.1) is 5.88 Å². The molecule has 1 atom stereocenters. The first-order chi connectivity index (χ1) is 4.57. The van der Waals surface area contributed by atoms with Crippen molar-refractivity contribution in [3.8, 4) is 0 Å². The van der Waals surface area contributed by atoms with Gasteiger partial charge in [-0.2, -0.15) is 0 Å². The van der Waals surface area contributed by atoms with Crippen LogP contribution in [-0.2, 0) is 9.59 Å². The maximum absolute atomic E-state index is 10.5. The molecule has 4 nitrogen and oxygen atoms in total. The van der Waals surface area contributed by atoms with Crippen LogP contribution in [0.5, 0.6) is 0 Å². The largest absolute Gasteiger partial charge is 0.480 e. The molecule has 0 aliphatic carbocycles. The number of carbonyl (C=O) groups excluding carboxylic acids is 1. The molecule has 6 heteroatoms. The fraction of sp³-hybridized carbons (Fsp3) is 0.600. The number of carboxylic acid groups (broad SMARTS) is 1. The molecule has 11 heavy (non-hydrogen) atoms. The molecule has 0 radical (unpaired) electrons. The number of halogens is 2. The molecule has 0 aliphatic heterocycles. The van der Waals surface area contributed by atoms with Gasteiger partial charge in [0, 0.05) is 6.42 Å². The van der Waals surface area contributed by atoms with Crippen LogP contribution < -0.4 is 5.73 Å². The number of nitrogens with two attached hydrogens (primary N) is 1. The van der Waals surface area contributed by atoms with E-state index in [9.17, 15) is 9.59 Å². The summed E-state index contributed by atoms with van der Waals surface area (Å²) in [6, 6.07) is -1.12. The zero-order valence-electron chi connectivity index (χ0n) is 5.62. The van der Waals surface area contributed by atoms with Crippen LogP contribution in [-0.4, -0.2) is 28.8 Å². The first-order valence-corrected chi connectivity index (χ1v) is 3.17. The molecular formula is C5H9Cl2NO3. The van der Waals surface area contributed by atoms with Crippen LogP contribution in [0, 0.1) is 0 Å². The number of hydrogen-bond donors (Lipinski definition) is 2. The number of alkyl halides is 1. The molecule has 0 bridgehead atoms. The third-order valence-corrected chi connectivity index (χ3v) is 1.21. The van der Waals surface area contributed by atoms with Gasteiger partial charge >= 0.3 is 5.97 Å². The smallest absolute Gasteiger partial charge is 0.320 e. The molecule has 0 spiro atoms. The van der Waals surface area contributed by atoms with Crippen molar-refractivity contribution < 1.29 is 14.7 Å². The number of hydrogen-bond acceptors (Lipinski definition) is 3. The summed E-state index contributed by atoms with van der Waals surface area (Å²) in [4.78, 5) is 20.5. The van der Waals surface area contributed by atoms with E-state index >= 15 is 0 Å². The molecular weight excluding hydrogens is 193 g/mol. The molecule has 0 aliphatic rings. The number of aliphatic carboxylic acids is 1. The molecule has 0 amide bonds. The highest BCUT2D eigenvalue weighted by atomic mass is 35.5. The zero-order valence-corrected chi connectivity index (χ0v) is 7.19. The number of rotatable bonds is 4. The van der Waals surface area contributed by atoms with E-state index in [2.05, 4.69) is 0 Å². The van der Waals surface area contributed by atoms with E-state index < -0.39 is 12.0 Å². The molecule has 0 aromatic carbocycles. The minimum atomic E-state index is -1.18. The highest BCUT2D eigenvalue weighted by Crippen LogP contribution is 1.91. The maximum atomic E-state index is 10.5. The summed E-state index contributed by atoms with van der Waals surface area (Å²) in [7, 11) is 0. The standard InChI is InChI=1S/C5H8ClNO3.ClH/c6-2-3(8)1-4(7)5(9)10;/h4H,1-2,7H2,(H,9,10);1H/t4-;/m0./s1. The van der Waals surface area contributed by atoms with Crippen molar-refractivity contribution >= 4 is 35.8 Å². The first-order valence-electron chi connectivity index (χ1n) is 2.64. The van der Waals surface area contributed by atoms with Crippen LogP contribution in [0.1, 0.15) is 6.42 Å². The number of ketones is 1. The summed E-state index contributed by atoms with van der Waals surface area (Å²) in [5.41, 5.74) is 5.01. The van der Waals surface area contributed by atoms with E-state index in [4.69, 9.17) is 22.4 Å². The lowest BCUT2D eigenvalue weighted by atomic mass is 10.2. The van der Waals surface area contributed by atoms with Gasteiger partial charge in [-0.15, -0.1) is 24.0 Å². The predicted molar refractivity (Wildman–Crippen MR) is 43.2 cm³/mol. The second-order valence-corrected chi connectivity index (χ2v) is 2.09. The van der Waals surface area contributed by atoms with Crippen LogP contribution in [0.15, 0.2) is 0 Å². The van der Waals surface area contributed by atoms with Crippen molar-refractivity contribution in [1.82, 2.24) is 0 Å². The van der Waals surface area contributed by atoms with Gasteiger partial charge in [-0.25, -0.2) is 0 Å². The first kappa shape index (κ1) is 13.3. The zero-order chi connectivity index (χ0) is 8.15. The molecule has 0 rings (SSSR count). The molecule has 0 saturated carbocycles. The van der Waals surface area contributed by atoms with Crippen LogP contribution in [0.25, 0.3) is 0 Å². The van der Waals surface area contributed by atoms with E-state index in [1.54, 1.807) is 0 Å². The minimum Gasteiger partial charge on any atom is -0.480 e. The third kappa shape index (κ3) is 6.09. The van der Waals surface area contributed by atoms with E-state index in [1.807, 2.05) is 0 Å². The third-order valence-electron chi connectivity index (χ3n) is 0.914. The molecule has 3 N–H and O–H groups in total. The van der Waals surface area contributed by atoms with Crippen molar-refractivity contribution in [3.63, 3.8) is 0 Å². The summed E-state index contributed by atoms with van der Waals surface area (Å²) < 4.78 is 0. The van der Waals surface area contributed by atoms with E-state index in [0.29, 0.717) is 0 Å². The molecule has 0 heterocycles. The monoisotopic (exact) mass is 201 g/mol. The Hall–Kier alpha value is -0.320. The highest BCUT2D eigenvalue weighted by molar-refractivity contribution is 6.27. The van der Waals surface area contributed by atoms with Crippen LogP contribution >= 0.6 is 24.0 Å². The molecule has 0 saturated heterocycles.